The molecule has 0 radical (unpaired) electrons. The molecule has 3 rings (SSSR count). The SMILES string of the molecule is CC(N)C1CC2CCC1CC2. The van der Waals surface area contributed by atoms with Crippen LogP contribution in [0.2, 0.25) is 0 Å². The van der Waals surface area contributed by atoms with E-state index in [2.05, 4.69) is 6.92 Å². The normalized spacial score (nSPS) is 45.8. The summed E-state index contributed by atoms with van der Waals surface area (Å²) in [7, 11) is 0. The average molecular weight is 153 g/mol. The highest BCUT2D eigenvalue weighted by atomic mass is 14.7. The van der Waals surface area contributed by atoms with Gasteiger partial charge in [-0.3, -0.25) is 0 Å². The second-order valence-corrected chi connectivity index (χ2v) is 4.54. The zero-order valence-corrected chi connectivity index (χ0v) is 7.42. The quantitative estimate of drug-likeness (QED) is 0.614. The van der Waals surface area contributed by atoms with E-state index in [0.717, 1.165) is 17.8 Å². The van der Waals surface area contributed by atoms with Crippen molar-refractivity contribution < 1.29 is 0 Å². The molecule has 0 amide bonds. The van der Waals surface area contributed by atoms with Crippen LogP contribution in [0.5, 0.6) is 0 Å². The minimum absolute atomic E-state index is 0.447. The van der Waals surface area contributed by atoms with Gasteiger partial charge in [-0.2, -0.15) is 0 Å². The van der Waals surface area contributed by atoms with E-state index in [1.807, 2.05) is 0 Å². The lowest BCUT2D eigenvalue weighted by Crippen LogP contribution is -2.40. The standard InChI is InChI=1S/C10H19N/c1-7(11)10-6-8-2-4-9(10)5-3-8/h7-10H,2-6,11H2,1H3. The summed E-state index contributed by atoms with van der Waals surface area (Å²) >= 11 is 0. The summed E-state index contributed by atoms with van der Waals surface area (Å²) in [5.74, 6) is 2.89. The van der Waals surface area contributed by atoms with Gasteiger partial charge >= 0.3 is 0 Å². The Balaban J connectivity index is 2.03. The van der Waals surface area contributed by atoms with E-state index < -0.39 is 0 Å². The summed E-state index contributed by atoms with van der Waals surface area (Å²) in [4.78, 5) is 0. The zero-order chi connectivity index (χ0) is 7.84. The van der Waals surface area contributed by atoms with E-state index in [9.17, 15) is 0 Å². The van der Waals surface area contributed by atoms with Crippen molar-refractivity contribution >= 4 is 0 Å². The third-order valence-corrected chi connectivity index (χ3v) is 3.78. The molecular weight excluding hydrogens is 134 g/mol. The highest BCUT2D eigenvalue weighted by Gasteiger charge is 2.36. The maximum absolute atomic E-state index is 5.95. The van der Waals surface area contributed by atoms with E-state index in [1.165, 1.54) is 32.1 Å². The van der Waals surface area contributed by atoms with E-state index in [-0.39, 0.29) is 0 Å². The van der Waals surface area contributed by atoms with Gasteiger partial charge in [0.2, 0.25) is 0 Å². The number of nitrogens with two attached hydrogens (primary N) is 1. The maximum atomic E-state index is 5.95. The predicted octanol–water partition coefficient (Wildman–Crippen LogP) is 2.16. The van der Waals surface area contributed by atoms with Crippen LogP contribution in [0.25, 0.3) is 0 Å². The van der Waals surface area contributed by atoms with Crippen molar-refractivity contribution in [1.82, 2.24) is 0 Å². The fraction of sp³-hybridized carbons (Fsp3) is 1.00. The van der Waals surface area contributed by atoms with Crippen LogP contribution in [-0.2, 0) is 0 Å². The Morgan fingerprint density at radius 1 is 1.18 bits per heavy atom. The van der Waals surface area contributed by atoms with Crippen LogP contribution in [0.4, 0.5) is 0 Å². The molecular formula is C10H19N. The molecule has 0 aromatic rings. The molecule has 0 saturated heterocycles. The fourth-order valence-corrected chi connectivity index (χ4v) is 3.07. The van der Waals surface area contributed by atoms with Gasteiger partial charge in [0.15, 0.2) is 0 Å². The van der Waals surface area contributed by atoms with Gasteiger partial charge in [0.25, 0.3) is 0 Å². The lowest BCUT2D eigenvalue weighted by Gasteiger charge is -2.44. The molecule has 0 aromatic heterocycles. The summed E-state index contributed by atoms with van der Waals surface area (Å²) in [6.07, 6.45) is 7.36. The van der Waals surface area contributed by atoms with Gasteiger partial charge in [0.05, 0.1) is 0 Å². The molecule has 0 heterocycles. The van der Waals surface area contributed by atoms with Crippen LogP contribution >= 0.6 is 0 Å². The molecule has 11 heavy (non-hydrogen) atoms. The maximum Gasteiger partial charge on any atom is 0.00415 e. The van der Waals surface area contributed by atoms with Gasteiger partial charge in [-0.15, -0.1) is 0 Å². The summed E-state index contributed by atoms with van der Waals surface area (Å²) in [6.45, 7) is 2.19. The number of hydrogen-bond donors (Lipinski definition) is 1. The topological polar surface area (TPSA) is 26.0 Å². The molecule has 0 spiro atoms. The third kappa shape index (κ3) is 1.31. The van der Waals surface area contributed by atoms with Crippen molar-refractivity contribution in [2.24, 2.45) is 23.5 Å². The third-order valence-electron chi connectivity index (χ3n) is 3.78. The van der Waals surface area contributed by atoms with Crippen molar-refractivity contribution in [2.75, 3.05) is 0 Å². The van der Waals surface area contributed by atoms with Gasteiger partial charge in [-0.05, 0) is 43.9 Å². The fourth-order valence-electron chi connectivity index (χ4n) is 3.07. The summed E-state index contributed by atoms with van der Waals surface area (Å²) in [6, 6.07) is 0.447. The molecule has 3 saturated carbocycles. The smallest absolute Gasteiger partial charge is 0.00415 e. The first-order valence-corrected chi connectivity index (χ1v) is 5.03. The van der Waals surface area contributed by atoms with E-state index in [4.69, 9.17) is 5.73 Å². The predicted molar refractivity (Wildman–Crippen MR) is 47.2 cm³/mol. The molecule has 1 nitrogen and oxygen atoms in total. The number of hydrogen-bond acceptors (Lipinski definition) is 1. The zero-order valence-electron chi connectivity index (χ0n) is 7.42. The van der Waals surface area contributed by atoms with Crippen LogP contribution in [0, 0.1) is 17.8 Å². The van der Waals surface area contributed by atoms with Crippen molar-refractivity contribution in [2.45, 2.75) is 45.1 Å². The first-order chi connectivity index (χ1) is 5.27. The summed E-state index contributed by atoms with van der Waals surface area (Å²) in [5.41, 5.74) is 5.95. The second-order valence-electron chi connectivity index (χ2n) is 4.54. The van der Waals surface area contributed by atoms with Crippen molar-refractivity contribution in [3.8, 4) is 0 Å². The lowest BCUT2D eigenvalue weighted by atomic mass is 9.63. The minimum atomic E-state index is 0.447. The lowest BCUT2D eigenvalue weighted by molar-refractivity contribution is 0.0849. The molecule has 2 unspecified atom stereocenters. The first kappa shape index (κ1) is 7.60. The first-order valence-electron chi connectivity index (χ1n) is 5.03. The molecule has 3 aliphatic carbocycles. The van der Waals surface area contributed by atoms with E-state index in [0.29, 0.717) is 6.04 Å². The highest BCUT2D eigenvalue weighted by molar-refractivity contribution is 4.89. The molecule has 3 aliphatic rings. The van der Waals surface area contributed by atoms with E-state index >= 15 is 0 Å². The highest BCUT2D eigenvalue weighted by Crippen LogP contribution is 2.45. The van der Waals surface area contributed by atoms with Crippen LogP contribution in [0.1, 0.15) is 39.0 Å². The monoisotopic (exact) mass is 153 g/mol. The number of fused-ring (bicyclic) bond motifs is 3. The molecule has 2 atom stereocenters. The van der Waals surface area contributed by atoms with E-state index in [1.54, 1.807) is 0 Å². The number of rotatable bonds is 1. The van der Waals surface area contributed by atoms with Crippen molar-refractivity contribution in [3.63, 3.8) is 0 Å². The molecule has 1 heteroatoms. The van der Waals surface area contributed by atoms with Gasteiger partial charge in [0.1, 0.15) is 0 Å². The average Bonchev–Trinajstić information content (AvgIpc) is 2.06. The molecule has 3 fully saturated rings. The molecule has 0 aromatic carbocycles. The van der Waals surface area contributed by atoms with Crippen LogP contribution in [0.3, 0.4) is 0 Å². The Kier molecular flexibility index (Phi) is 1.92. The van der Waals surface area contributed by atoms with Gasteiger partial charge in [0, 0.05) is 6.04 Å². The molecule has 0 aliphatic heterocycles. The Bertz CT molecular complexity index is 134. The van der Waals surface area contributed by atoms with Gasteiger partial charge < -0.3 is 5.73 Å². The Hall–Kier alpha value is -0.0400. The molecule has 2 N–H and O–H groups in total. The van der Waals surface area contributed by atoms with Crippen LogP contribution in [0.15, 0.2) is 0 Å². The summed E-state index contributed by atoms with van der Waals surface area (Å²) < 4.78 is 0. The van der Waals surface area contributed by atoms with Crippen molar-refractivity contribution in [1.29, 1.82) is 0 Å². The minimum Gasteiger partial charge on any atom is -0.328 e. The van der Waals surface area contributed by atoms with Gasteiger partial charge in [-0.1, -0.05) is 12.8 Å². The largest absolute Gasteiger partial charge is 0.328 e. The molecule has 2 bridgehead atoms. The van der Waals surface area contributed by atoms with Crippen LogP contribution < -0.4 is 5.73 Å². The van der Waals surface area contributed by atoms with Crippen molar-refractivity contribution in [3.05, 3.63) is 0 Å². The Morgan fingerprint density at radius 3 is 2.09 bits per heavy atom. The second kappa shape index (κ2) is 2.78. The van der Waals surface area contributed by atoms with Crippen LogP contribution in [-0.4, -0.2) is 6.04 Å². The Labute approximate surface area is 69.4 Å². The summed E-state index contributed by atoms with van der Waals surface area (Å²) in [5, 5.41) is 0. The van der Waals surface area contributed by atoms with Gasteiger partial charge in [-0.25, -0.2) is 0 Å². The Morgan fingerprint density at radius 2 is 1.82 bits per heavy atom. The molecule has 64 valence electrons.